The molecule has 36 nitrogen and oxygen atoms in total. The van der Waals surface area contributed by atoms with Crippen molar-refractivity contribution in [3.63, 3.8) is 0 Å². The largest absolute Gasteiger partial charge is 0.382 e. The molecule has 2 aromatic carbocycles. The molecular weight excluding hydrogens is 1670 g/mol. The van der Waals surface area contributed by atoms with Crippen LogP contribution in [-0.4, -0.2) is 389 Å². The molecule has 126 heavy (non-hydrogen) atoms. The lowest BCUT2D eigenvalue weighted by atomic mass is 9.81. The van der Waals surface area contributed by atoms with Crippen molar-refractivity contribution in [1.82, 2.24) is 10.4 Å². The lowest BCUT2D eigenvalue weighted by molar-refractivity contribution is -0.438. The summed E-state index contributed by atoms with van der Waals surface area (Å²) in [4.78, 5) is 56.4. The fraction of sp³-hybridized carbons (Fsp3) is 0.764. The summed E-state index contributed by atoms with van der Waals surface area (Å²) in [6, 6.07) is 11.2. The van der Waals surface area contributed by atoms with Crippen molar-refractivity contribution >= 4 is 50.9 Å². The van der Waals surface area contributed by atoms with E-state index < -0.39 is 33.3 Å². The van der Waals surface area contributed by atoms with Crippen LogP contribution in [0.5, 0.6) is 0 Å². The Morgan fingerprint density at radius 2 is 0.762 bits per heavy atom. The number of imide groups is 1. The van der Waals surface area contributed by atoms with Crippen molar-refractivity contribution in [2.45, 2.75) is 115 Å². The first-order valence-electron chi connectivity index (χ1n) is 44.6. The average Bonchev–Trinajstić information content (AvgIpc) is 1.59. The number of unbranched alkanes of at least 4 members (excludes halogenated alkanes) is 4. The first-order valence-corrected chi connectivity index (χ1v) is 46.1. The molecule has 1 saturated heterocycles. The third kappa shape index (κ3) is 50.7. The van der Waals surface area contributed by atoms with E-state index in [-0.39, 0.29) is 35.5 Å². The minimum atomic E-state index is -4.46. The van der Waals surface area contributed by atoms with Gasteiger partial charge in [0.2, 0.25) is 11.6 Å². The third-order valence-corrected chi connectivity index (χ3v) is 20.5. The number of allylic oxidation sites excluding steroid dienone is 4. The molecule has 3 heterocycles. The SMILES string of the molecule is COCCOCCOCCOCCOCCOCCOCCOCCOCCOCCOCCOCCOCCOCCOCCOCCOCCOCCOCCOCCOCCOCCOCCOCCNC(=O)CCCCC[N+]1=C(C=CC=C2N(CCCCCC(=O)ON3C(=O)CCC3=O)c3ccc(C)cc3C2(C)C)C(C)(C)c2cc(S(=O)(=O)O)ccc21. The number of benzene rings is 2. The molecule has 722 valence electrons. The number of ether oxygens (including phenoxy) is 24. The van der Waals surface area contributed by atoms with Crippen LogP contribution >= 0.6 is 0 Å². The van der Waals surface area contributed by atoms with Gasteiger partial charge in [0.1, 0.15) is 6.54 Å². The molecular formula is C89H149N4O32S+. The highest BCUT2D eigenvalue weighted by Gasteiger charge is 2.45. The Bertz CT molecular complexity index is 3370. The minimum absolute atomic E-state index is 0.0437. The lowest BCUT2D eigenvalue weighted by Gasteiger charge is -2.27. The van der Waals surface area contributed by atoms with Crippen LogP contribution in [0.15, 0.2) is 65.2 Å². The number of carbonyl (C=O) groups excluding carboxylic acids is 4. The van der Waals surface area contributed by atoms with E-state index in [4.69, 9.17) is 119 Å². The zero-order chi connectivity index (χ0) is 90.3. The number of anilines is 1. The van der Waals surface area contributed by atoms with Crippen molar-refractivity contribution in [2.24, 2.45) is 0 Å². The molecule has 0 aromatic heterocycles. The molecule has 0 atom stereocenters. The summed E-state index contributed by atoms with van der Waals surface area (Å²) >= 11 is 0. The van der Waals surface area contributed by atoms with E-state index in [0.29, 0.717) is 361 Å². The summed E-state index contributed by atoms with van der Waals surface area (Å²) < 4.78 is 169. The van der Waals surface area contributed by atoms with Gasteiger partial charge in [0.25, 0.3) is 21.9 Å². The third-order valence-electron chi connectivity index (χ3n) is 19.6. The average molecular weight is 1820 g/mol. The highest BCUT2D eigenvalue weighted by atomic mass is 32.2. The summed E-state index contributed by atoms with van der Waals surface area (Å²) in [5.74, 6) is -1.66. The highest BCUT2D eigenvalue weighted by molar-refractivity contribution is 7.85. The number of hydrogen-bond donors (Lipinski definition) is 2. The molecule has 3 amide bonds. The maximum Gasteiger partial charge on any atom is 0.333 e. The summed E-state index contributed by atoms with van der Waals surface area (Å²) in [5, 5.41) is 3.52. The van der Waals surface area contributed by atoms with Crippen molar-refractivity contribution < 1.29 is 155 Å². The number of fused-ring (bicyclic) bond motifs is 2. The van der Waals surface area contributed by atoms with Gasteiger partial charge in [0.15, 0.2) is 5.71 Å². The normalized spacial score (nSPS) is 14.7. The standard InChI is InChI=1S/C89H148N4O32S/c1-76-18-20-80-78(74-76)88(2,3)82(91(80)26-12-8-10-17-87(97)125-93-85(95)22-23-86(93)96)14-13-15-83-89(4,5)79-75-77(126(98,99)100)19-21-81(79)92(83)25-11-7-9-16-84(94)90-24-27-102-30-31-104-34-35-106-38-39-108-42-43-110-46-47-112-50-51-114-54-55-116-58-59-118-62-63-120-66-67-122-70-71-124-73-72-123-69-68-121-65-64-119-61-60-117-57-56-115-53-52-113-49-48-111-45-44-109-41-40-107-37-36-105-33-32-103-29-28-101-6/h13-15,18-21,74-75H,7-12,16-17,22-73H2,1-6H3,(H-,90,94,98,99,100)/p+1. The molecule has 0 unspecified atom stereocenters. The van der Waals surface area contributed by atoms with Gasteiger partial charge in [0, 0.05) is 86.8 Å². The molecule has 2 aromatic rings. The van der Waals surface area contributed by atoms with E-state index in [1.165, 1.54) is 11.6 Å². The van der Waals surface area contributed by atoms with Gasteiger partial charge in [-0.1, -0.05) is 44.0 Å². The lowest BCUT2D eigenvalue weighted by Crippen LogP contribution is -2.32. The fourth-order valence-corrected chi connectivity index (χ4v) is 13.5. The monoisotopic (exact) mass is 1820 g/mol. The number of nitrogens with zero attached hydrogens (tertiary/aromatic N) is 3. The minimum Gasteiger partial charge on any atom is -0.382 e. The van der Waals surface area contributed by atoms with Crippen molar-refractivity contribution in [2.75, 3.05) is 342 Å². The van der Waals surface area contributed by atoms with E-state index in [0.717, 1.165) is 53.2 Å². The number of carbonyl (C=O) groups is 4. The number of methoxy groups -OCH3 is 1. The smallest absolute Gasteiger partial charge is 0.333 e. The predicted octanol–water partition coefficient (Wildman–Crippen LogP) is 6.73. The van der Waals surface area contributed by atoms with Crippen LogP contribution in [-0.2, 0) is 159 Å². The first kappa shape index (κ1) is 111. The molecule has 0 saturated carbocycles. The summed E-state index contributed by atoms with van der Waals surface area (Å²) in [6.07, 6.45) is 11.0. The Balaban J connectivity index is 0.705. The van der Waals surface area contributed by atoms with Gasteiger partial charge in [-0.15, -0.1) is 5.06 Å². The van der Waals surface area contributed by atoms with Crippen LogP contribution in [0.2, 0.25) is 0 Å². The maximum atomic E-state index is 12.8. The Kier molecular flexibility index (Phi) is 63.5. The Labute approximate surface area is 746 Å². The summed E-state index contributed by atoms with van der Waals surface area (Å²) in [7, 11) is -2.82. The van der Waals surface area contributed by atoms with Crippen LogP contribution in [0.1, 0.15) is 109 Å². The second-order valence-electron chi connectivity index (χ2n) is 30.1. The number of aryl methyl sites for hydroxylation is 1. The predicted molar refractivity (Wildman–Crippen MR) is 466 cm³/mol. The second kappa shape index (κ2) is 72.1. The highest BCUT2D eigenvalue weighted by Crippen LogP contribution is 2.48. The molecule has 37 heteroatoms. The van der Waals surface area contributed by atoms with Gasteiger partial charge in [-0.25, -0.2) is 4.79 Å². The van der Waals surface area contributed by atoms with E-state index in [1.54, 1.807) is 19.2 Å². The number of nitrogens with one attached hydrogen (secondary N) is 1. The second-order valence-corrected chi connectivity index (χ2v) is 31.5. The van der Waals surface area contributed by atoms with E-state index >= 15 is 0 Å². The molecule has 0 aliphatic carbocycles. The Morgan fingerprint density at radius 3 is 1.12 bits per heavy atom. The van der Waals surface area contributed by atoms with Gasteiger partial charge >= 0.3 is 5.97 Å². The van der Waals surface area contributed by atoms with Gasteiger partial charge < -0.3 is 129 Å². The molecule has 5 rings (SSSR count). The van der Waals surface area contributed by atoms with Gasteiger partial charge in [-0.3, -0.25) is 18.9 Å². The van der Waals surface area contributed by atoms with Crippen LogP contribution in [0, 0.1) is 6.92 Å². The summed E-state index contributed by atoms with van der Waals surface area (Å²) in [6.45, 7) is 34.4. The molecule has 0 bridgehead atoms. The Hall–Kier alpha value is -5.58. The number of hydrogen-bond acceptors (Lipinski definition) is 32. The van der Waals surface area contributed by atoms with E-state index in [1.807, 2.05) is 13.8 Å². The van der Waals surface area contributed by atoms with Gasteiger partial charge in [-0.2, -0.15) is 13.0 Å². The van der Waals surface area contributed by atoms with Crippen molar-refractivity contribution in [3.05, 3.63) is 77.0 Å². The van der Waals surface area contributed by atoms with Crippen molar-refractivity contribution in [3.8, 4) is 0 Å². The number of rotatable bonds is 88. The summed E-state index contributed by atoms with van der Waals surface area (Å²) in [5.41, 5.74) is 6.15. The zero-order valence-corrected chi connectivity index (χ0v) is 76.8. The van der Waals surface area contributed by atoms with Crippen LogP contribution in [0.3, 0.4) is 0 Å². The first-order chi connectivity index (χ1) is 61.5. The fourth-order valence-electron chi connectivity index (χ4n) is 13.0. The van der Waals surface area contributed by atoms with Crippen LogP contribution in [0.25, 0.3) is 0 Å². The number of amides is 3. The molecule has 3 aliphatic heterocycles. The zero-order valence-electron chi connectivity index (χ0n) is 76.0. The Morgan fingerprint density at radius 1 is 0.421 bits per heavy atom. The van der Waals surface area contributed by atoms with Crippen molar-refractivity contribution in [1.29, 1.82) is 0 Å². The molecule has 0 spiro atoms. The van der Waals surface area contributed by atoms with Crippen LogP contribution < -0.4 is 10.2 Å². The van der Waals surface area contributed by atoms with Gasteiger partial charge in [0.05, 0.1) is 321 Å². The molecule has 3 aliphatic rings. The molecule has 2 N–H and O–H groups in total. The quantitative estimate of drug-likeness (QED) is 0.0300. The topological polar surface area (TPSA) is 375 Å². The van der Waals surface area contributed by atoms with E-state index in [9.17, 15) is 32.1 Å². The molecule has 1 fully saturated rings. The number of hydroxylamine groups is 2. The van der Waals surface area contributed by atoms with E-state index in [2.05, 4.69) is 72.0 Å². The maximum absolute atomic E-state index is 12.8. The van der Waals surface area contributed by atoms with Gasteiger partial charge in [-0.05, 0) is 76.3 Å². The molecule has 0 radical (unpaired) electrons. The van der Waals surface area contributed by atoms with Crippen LogP contribution in [0.4, 0.5) is 11.4 Å².